The second-order valence-corrected chi connectivity index (χ2v) is 5.34. The third-order valence-corrected chi connectivity index (χ3v) is 3.46. The standard InChI is InChI=1S/C15H19FN4O2/c1-8(9(2)17)14(21)18-10(3)15-19-13(20-22-15)11-5-4-6-12(16)7-11/h4-10H,17H2,1-3H3,(H,18,21). The van der Waals surface area contributed by atoms with E-state index in [-0.39, 0.29) is 35.4 Å². The highest BCUT2D eigenvalue weighted by atomic mass is 19.1. The van der Waals surface area contributed by atoms with Crippen LogP contribution in [0.4, 0.5) is 4.39 Å². The summed E-state index contributed by atoms with van der Waals surface area (Å²) in [5, 5.41) is 6.57. The zero-order valence-electron chi connectivity index (χ0n) is 12.7. The number of nitrogens with two attached hydrogens (primary N) is 1. The summed E-state index contributed by atoms with van der Waals surface area (Å²) in [6.45, 7) is 5.25. The van der Waals surface area contributed by atoms with Crippen LogP contribution in [0.5, 0.6) is 0 Å². The summed E-state index contributed by atoms with van der Waals surface area (Å²) in [6.07, 6.45) is 0. The highest BCUT2D eigenvalue weighted by Gasteiger charge is 2.22. The van der Waals surface area contributed by atoms with E-state index in [1.165, 1.54) is 12.1 Å². The molecule has 1 heterocycles. The largest absolute Gasteiger partial charge is 0.344 e. The van der Waals surface area contributed by atoms with Crippen LogP contribution < -0.4 is 11.1 Å². The molecule has 0 saturated carbocycles. The molecule has 2 rings (SSSR count). The Balaban J connectivity index is 2.09. The lowest BCUT2D eigenvalue weighted by molar-refractivity contribution is -0.125. The zero-order valence-corrected chi connectivity index (χ0v) is 12.7. The average molecular weight is 306 g/mol. The number of benzene rings is 1. The Bertz CT molecular complexity index is 656. The van der Waals surface area contributed by atoms with Crippen LogP contribution in [0.15, 0.2) is 28.8 Å². The summed E-state index contributed by atoms with van der Waals surface area (Å²) in [6, 6.07) is 5.19. The van der Waals surface area contributed by atoms with Crippen LogP contribution in [0.25, 0.3) is 11.4 Å². The molecule has 0 aliphatic heterocycles. The number of amides is 1. The summed E-state index contributed by atoms with van der Waals surface area (Å²) in [5.74, 6) is -0.364. The van der Waals surface area contributed by atoms with Crippen LogP contribution in [0.3, 0.4) is 0 Å². The van der Waals surface area contributed by atoms with Gasteiger partial charge in [-0.25, -0.2) is 4.39 Å². The predicted octanol–water partition coefficient (Wildman–Crippen LogP) is 2.04. The molecule has 1 aromatic heterocycles. The molecule has 1 amide bonds. The first-order valence-electron chi connectivity index (χ1n) is 7.04. The van der Waals surface area contributed by atoms with E-state index in [1.807, 2.05) is 0 Å². The van der Waals surface area contributed by atoms with Gasteiger partial charge in [-0.1, -0.05) is 24.2 Å². The van der Waals surface area contributed by atoms with Crippen LogP contribution in [-0.4, -0.2) is 22.1 Å². The highest BCUT2D eigenvalue weighted by Crippen LogP contribution is 2.19. The molecule has 0 bridgehead atoms. The Kier molecular flexibility index (Phi) is 4.87. The number of hydrogen-bond donors (Lipinski definition) is 2. The van der Waals surface area contributed by atoms with E-state index in [0.29, 0.717) is 5.56 Å². The minimum Gasteiger partial charge on any atom is -0.344 e. The molecule has 7 heteroatoms. The summed E-state index contributed by atoms with van der Waals surface area (Å²) in [4.78, 5) is 16.1. The van der Waals surface area contributed by atoms with Gasteiger partial charge in [0.1, 0.15) is 11.9 Å². The van der Waals surface area contributed by atoms with Gasteiger partial charge in [-0.3, -0.25) is 4.79 Å². The van der Waals surface area contributed by atoms with Gasteiger partial charge in [-0.2, -0.15) is 4.98 Å². The normalized spacial score (nSPS) is 15.1. The lowest BCUT2D eigenvalue weighted by atomic mass is 10.0. The summed E-state index contributed by atoms with van der Waals surface area (Å²) < 4.78 is 18.3. The third-order valence-electron chi connectivity index (χ3n) is 3.46. The molecule has 0 radical (unpaired) electrons. The summed E-state index contributed by atoms with van der Waals surface area (Å²) in [5.41, 5.74) is 6.21. The minimum atomic E-state index is -0.455. The SMILES string of the molecule is CC(NC(=O)C(C)C(C)N)c1nc(-c2cccc(F)c2)no1. The molecule has 2 aromatic rings. The third kappa shape index (κ3) is 3.67. The van der Waals surface area contributed by atoms with E-state index < -0.39 is 6.04 Å². The Labute approximate surface area is 127 Å². The fourth-order valence-corrected chi connectivity index (χ4v) is 1.80. The number of carbonyl (C=O) groups excluding carboxylic acids is 1. The topological polar surface area (TPSA) is 94.0 Å². The number of hydrogen-bond acceptors (Lipinski definition) is 5. The fraction of sp³-hybridized carbons (Fsp3) is 0.400. The van der Waals surface area contributed by atoms with Gasteiger partial charge in [0.05, 0.1) is 0 Å². The first kappa shape index (κ1) is 16.1. The van der Waals surface area contributed by atoms with Crippen LogP contribution in [0.2, 0.25) is 0 Å². The average Bonchev–Trinajstić information content (AvgIpc) is 2.96. The number of carbonyl (C=O) groups is 1. The van der Waals surface area contributed by atoms with Gasteiger partial charge in [0, 0.05) is 17.5 Å². The molecule has 0 aliphatic carbocycles. The number of aromatic nitrogens is 2. The van der Waals surface area contributed by atoms with Crippen LogP contribution >= 0.6 is 0 Å². The van der Waals surface area contributed by atoms with Crippen molar-refractivity contribution in [3.63, 3.8) is 0 Å². The van der Waals surface area contributed by atoms with Gasteiger partial charge >= 0.3 is 0 Å². The van der Waals surface area contributed by atoms with Crippen molar-refractivity contribution in [3.8, 4) is 11.4 Å². The Hall–Kier alpha value is -2.28. The molecule has 22 heavy (non-hydrogen) atoms. The van der Waals surface area contributed by atoms with Crippen LogP contribution in [0.1, 0.15) is 32.7 Å². The lowest BCUT2D eigenvalue weighted by Crippen LogP contribution is -2.39. The second-order valence-electron chi connectivity index (χ2n) is 5.34. The number of halogens is 1. The number of rotatable bonds is 5. The van der Waals surface area contributed by atoms with E-state index in [0.717, 1.165) is 0 Å². The number of nitrogens with zero attached hydrogens (tertiary/aromatic N) is 2. The molecule has 1 aromatic carbocycles. The highest BCUT2D eigenvalue weighted by molar-refractivity contribution is 5.79. The molecule has 6 nitrogen and oxygen atoms in total. The first-order chi connectivity index (χ1) is 10.4. The monoisotopic (exact) mass is 306 g/mol. The van der Waals surface area contributed by atoms with Crippen molar-refractivity contribution in [1.82, 2.24) is 15.5 Å². The quantitative estimate of drug-likeness (QED) is 0.881. The molecule has 3 N–H and O–H groups in total. The Morgan fingerprint density at radius 1 is 1.36 bits per heavy atom. The minimum absolute atomic E-state index is 0.187. The van der Waals surface area contributed by atoms with Gasteiger partial charge in [0.15, 0.2) is 0 Å². The van der Waals surface area contributed by atoms with Crippen LogP contribution in [-0.2, 0) is 4.79 Å². The van der Waals surface area contributed by atoms with Crippen molar-refractivity contribution in [2.24, 2.45) is 11.7 Å². The first-order valence-corrected chi connectivity index (χ1v) is 7.04. The van der Waals surface area contributed by atoms with E-state index in [9.17, 15) is 9.18 Å². The fourth-order valence-electron chi connectivity index (χ4n) is 1.80. The van der Waals surface area contributed by atoms with Crippen molar-refractivity contribution in [1.29, 1.82) is 0 Å². The molecule has 118 valence electrons. The van der Waals surface area contributed by atoms with Gasteiger partial charge in [0.25, 0.3) is 0 Å². The van der Waals surface area contributed by atoms with Crippen molar-refractivity contribution in [2.75, 3.05) is 0 Å². The molecule has 0 aliphatic rings. The van der Waals surface area contributed by atoms with E-state index >= 15 is 0 Å². The molecule has 3 unspecified atom stereocenters. The molecule has 0 spiro atoms. The molecular weight excluding hydrogens is 287 g/mol. The van der Waals surface area contributed by atoms with Gasteiger partial charge < -0.3 is 15.6 Å². The van der Waals surface area contributed by atoms with E-state index in [1.54, 1.807) is 32.9 Å². The van der Waals surface area contributed by atoms with E-state index in [4.69, 9.17) is 10.3 Å². The summed E-state index contributed by atoms with van der Waals surface area (Å²) in [7, 11) is 0. The smallest absolute Gasteiger partial charge is 0.249 e. The van der Waals surface area contributed by atoms with Crippen LogP contribution in [0, 0.1) is 11.7 Å². The van der Waals surface area contributed by atoms with Crippen molar-refractivity contribution in [2.45, 2.75) is 32.9 Å². The maximum absolute atomic E-state index is 13.2. The lowest BCUT2D eigenvalue weighted by Gasteiger charge is -2.17. The maximum atomic E-state index is 13.2. The Morgan fingerprint density at radius 2 is 2.09 bits per heavy atom. The van der Waals surface area contributed by atoms with Crippen molar-refractivity contribution in [3.05, 3.63) is 36.0 Å². The zero-order chi connectivity index (χ0) is 16.3. The molecule has 0 fully saturated rings. The van der Waals surface area contributed by atoms with E-state index in [2.05, 4.69) is 15.5 Å². The second kappa shape index (κ2) is 6.65. The molecule has 3 atom stereocenters. The van der Waals surface area contributed by atoms with Crippen molar-refractivity contribution < 1.29 is 13.7 Å². The molecular formula is C15H19FN4O2. The van der Waals surface area contributed by atoms with Gasteiger partial charge in [-0.15, -0.1) is 0 Å². The van der Waals surface area contributed by atoms with Crippen molar-refractivity contribution >= 4 is 5.91 Å². The number of nitrogens with one attached hydrogen (secondary N) is 1. The maximum Gasteiger partial charge on any atom is 0.249 e. The van der Waals surface area contributed by atoms with Gasteiger partial charge in [0.2, 0.25) is 17.6 Å². The predicted molar refractivity (Wildman–Crippen MR) is 79.1 cm³/mol. The molecule has 0 saturated heterocycles. The Morgan fingerprint density at radius 3 is 2.73 bits per heavy atom. The van der Waals surface area contributed by atoms with Gasteiger partial charge in [-0.05, 0) is 26.0 Å². The summed E-state index contributed by atoms with van der Waals surface area (Å²) >= 11 is 0.